The molecule has 2 heterocycles. The van der Waals surface area contributed by atoms with Crippen LogP contribution in [0.25, 0.3) is 0 Å². The summed E-state index contributed by atoms with van der Waals surface area (Å²) < 4.78 is 0. The molecule has 0 aromatic carbocycles. The summed E-state index contributed by atoms with van der Waals surface area (Å²) >= 11 is 0. The summed E-state index contributed by atoms with van der Waals surface area (Å²) in [7, 11) is 0. The van der Waals surface area contributed by atoms with Gasteiger partial charge in [0, 0.05) is 31.5 Å². The van der Waals surface area contributed by atoms with E-state index in [-0.39, 0.29) is 5.91 Å². The van der Waals surface area contributed by atoms with Crippen LogP contribution in [0.5, 0.6) is 0 Å². The first kappa shape index (κ1) is 15.5. The number of amides is 1. The lowest BCUT2D eigenvalue weighted by atomic mass is 9.93. The molecule has 1 aliphatic heterocycles. The average molecular weight is 291 g/mol. The van der Waals surface area contributed by atoms with Gasteiger partial charge in [-0.2, -0.15) is 0 Å². The zero-order valence-electron chi connectivity index (χ0n) is 12.9. The highest BCUT2D eigenvalue weighted by Gasteiger charge is 2.23. The van der Waals surface area contributed by atoms with Crippen LogP contribution in [0.15, 0.2) is 0 Å². The van der Waals surface area contributed by atoms with E-state index in [0.717, 1.165) is 56.0 Å². The summed E-state index contributed by atoms with van der Waals surface area (Å²) in [5, 5.41) is 0. The fourth-order valence-electron chi connectivity index (χ4n) is 2.85. The lowest BCUT2D eigenvalue weighted by Crippen LogP contribution is -2.36. The third-order valence-corrected chi connectivity index (χ3v) is 4.08. The first-order valence-electron chi connectivity index (χ1n) is 7.67. The summed E-state index contributed by atoms with van der Waals surface area (Å²) in [6.07, 6.45) is 4.27. The van der Waals surface area contributed by atoms with Gasteiger partial charge in [-0.1, -0.05) is 6.92 Å². The maximum atomic E-state index is 11.0. The molecule has 1 saturated heterocycles. The normalized spacial score (nSPS) is 16.2. The van der Waals surface area contributed by atoms with Crippen molar-refractivity contribution in [3.8, 4) is 0 Å². The Morgan fingerprint density at radius 1 is 1.33 bits per heavy atom. The molecule has 21 heavy (non-hydrogen) atoms. The maximum Gasteiger partial charge on any atom is 0.217 e. The van der Waals surface area contributed by atoms with E-state index in [9.17, 15) is 4.79 Å². The van der Waals surface area contributed by atoms with Crippen LogP contribution in [0, 0.1) is 12.8 Å². The molecular weight excluding hydrogens is 266 g/mol. The van der Waals surface area contributed by atoms with Crippen molar-refractivity contribution in [3.63, 3.8) is 0 Å². The predicted molar refractivity (Wildman–Crippen MR) is 83.9 cm³/mol. The zero-order valence-corrected chi connectivity index (χ0v) is 12.9. The largest absolute Gasteiger partial charge is 0.383 e. The predicted octanol–water partition coefficient (Wildman–Crippen LogP) is 1.41. The number of aromatic nitrogens is 2. The van der Waals surface area contributed by atoms with Gasteiger partial charge in [-0.3, -0.25) is 4.79 Å². The maximum absolute atomic E-state index is 11.0. The Labute approximate surface area is 125 Å². The summed E-state index contributed by atoms with van der Waals surface area (Å²) in [4.78, 5) is 22.3. The number of anilines is 2. The van der Waals surface area contributed by atoms with Crippen LogP contribution in [0.2, 0.25) is 0 Å². The van der Waals surface area contributed by atoms with Crippen LogP contribution in [0.3, 0.4) is 0 Å². The van der Waals surface area contributed by atoms with Crippen LogP contribution in [0.4, 0.5) is 11.6 Å². The van der Waals surface area contributed by atoms with Crippen molar-refractivity contribution in [3.05, 3.63) is 11.4 Å². The molecule has 1 fully saturated rings. The van der Waals surface area contributed by atoms with Gasteiger partial charge in [-0.15, -0.1) is 0 Å². The molecule has 4 N–H and O–H groups in total. The van der Waals surface area contributed by atoms with E-state index in [2.05, 4.69) is 21.8 Å². The third-order valence-electron chi connectivity index (χ3n) is 4.08. The fourth-order valence-corrected chi connectivity index (χ4v) is 2.85. The molecule has 6 heteroatoms. The Kier molecular flexibility index (Phi) is 4.98. The first-order valence-corrected chi connectivity index (χ1v) is 7.67. The first-order chi connectivity index (χ1) is 10.0. The van der Waals surface area contributed by atoms with Crippen molar-refractivity contribution in [1.29, 1.82) is 0 Å². The van der Waals surface area contributed by atoms with Crippen molar-refractivity contribution < 1.29 is 4.79 Å². The SMILES string of the molecule is CCCc1nc(N)c(C)c(N2CCC(CC(N)=O)CC2)n1. The molecule has 0 saturated carbocycles. The number of hydrogen-bond acceptors (Lipinski definition) is 5. The number of rotatable bonds is 5. The van der Waals surface area contributed by atoms with Crippen LogP contribution in [-0.4, -0.2) is 29.0 Å². The van der Waals surface area contributed by atoms with Gasteiger partial charge in [0.15, 0.2) is 0 Å². The number of carbonyl (C=O) groups is 1. The smallest absolute Gasteiger partial charge is 0.217 e. The average Bonchev–Trinajstić information content (AvgIpc) is 2.43. The molecule has 0 unspecified atom stereocenters. The Morgan fingerprint density at radius 3 is 2.57 bits per heavy atom. The molecule has 1 aromatic heterocycles. The molecule has 6 nitrogen and oxygen atoms in total. The number of nitrogen functional groups attached to an aromatic ring is 1. The zero-order chi connectivity index (χ0) is 15.4. The van der Waals surface area contributed by atoms with E-state index in [0.29, 0.717) is 18.2 Å². The standard InChI is InChI=1S/C15H25N5O/c1-3-4-13-18-14(17)10(2)15(19-13)20-7-5-11(6-8-20)9-12(16)21/h11H,3-9H2,1-2H3,(H2,16,21)(H2,17,18,19). The minimum Gasteiger partial charge on any atom is -0.383 e. The lowest BCUT2D eigenvalue weighted by molar-refractivity contribution is -0.119. The highest BCUT2D eigenvalue weighted by atomic mass is 16.1. The Balaban J connectivity index is 2.10. The van der Waals surface area contributed by atoms with Gasteiger partial charge >= 0.3 is 0 Å². The van der Waals surface area contributed by atoms with E-state index in [1.807, 2.05) is 6.92 Å². The summed E-state index contributed by atoms with van der Waals surface area (Å²) in [5.41, 5.74) is 12.2. The van der Waals surface area contributed by atoms with Gasteiger partial charge < -0.3 is 16.4 Å². The van der Waals surface area contributed by atoms with Crippen molar-refractivity contribution in [2.75, 3.05) is 23.7 Å². The van der Waals surface area contributed by atoms with Gasteiger partial charge in [-0.05, 0) is 32.1 Å². The topological polar surface area (TPSA) is 98.1 Å². The van der Waals surface area contributed by atoms with Gasteiger partial charge in [0.2, 0.25) is 5.91 Å². The summed E-state index contributed by atoms with van der Waals surface area (Å²) in [6.45, 7) is 5.85. The second-order valence-electron chi connectivity index (χ2n) is 5.82. The minimum atomic E-state index is -0.207. The van der Waals surface area contributed by atoms with E-state index < -0.39 is 0 Å². The summed E-state index contributed by atoms with van der Waals surface area (Å²) in [5.74, 6) is 2.52. The van der Waals surface area contributed by atoms with Crippen molar-refractivity contribution in [2.45, 2.75) is 46.0 Å². The third kappa shape index (κ3) is 3.83. The number of nitrogens with zero attached hydrogens (tertiary/aromatic N) is 3. The molecule has 0 aliphatic carbocycles. The highest BCUT2D eigenvalue weighted by Crippen LogP contribution is 2.28. The molecule has 0 atom stereocenters. The van der Waals surface area contributed by atoms with E-state index in [1.165, 1.54) is 0 Å². The molecule has 0 radical (unpaired) electrons. The van der Waals surface area contributed by atoms with Gasteiger partial charge in [-0.25, -0.2) is 9.97 Å². The quantitative estimate of drug-likeness (QED) is 0.854. The highest BCUT2D eigenvalue weighted by molar-refractivity contribution is 5.74. The van der Waals surface area contributed by atoms with Crippen molar-refractivity contribution >= 4 is 17.5 Å². The molecular formula is C15H25N5O. The number of carbonyl (C=O) groups excluding carboxylic acids is 1. The molecule has 0 bridgehead atoms. The molecule has 1 aliphatic rings. The van der Waals surface area contributed by atoms with Crippen LogP contribution < -0.4 is 16.4 Å². The molecule has 2 rings (SSSR count). The molecule has 0 spiro atoms. The monoisotopic (exact) mass is 291 g/mol. The Hall–Kier alpha value is -1.85. The second kappa shape index (κ2) is 6.74. The Bertz CT molecular complexity index is 509. The molecule has 1 aromatic rings. The Morgan fingerprint density at radius 2 is 2.00 bits per heavy atom. The number of aryl methyl sites for hydroxylation is 1. The van der Waals surface area contributed by atoms with Crippen LogP contribution in [-0.2, 0) is 11.2 Å². The van der Waals surface area contributed by atoms with Crippen LogP contribution >= 0.6 is 0 Å². The molecule has 1 amide bonds. The van der Waals surface area contributed by atoms with E-state index in [1.54, 1.807) is 0 Å². The van der Waals surface area contributed by atoms with Crippen molar-refractivity contribution in [2.24, 2.45) is 11.7 Å². The fraction of sp³-hybridized carbons (Fsp3) is 0.667. The van der Waals surface area contributed by atoms with Gasteiger partial charge in [0.05, 0.1) is 0 Å². The number of piperidine rings is 1. The number of nitrogens with two attached hydrogens (primary N) is 2. The number of primary amides is 1. The minimum absolute atomic E-state index is 0.207. The number of hydrogen-bond donors (Lipinski definition) is 2. The van der Waals surface area contributed by atoms with E-state index >= 15 is 0 Å². The summed E-state index contributed by atoms with van der Waals surface area (Å²) in [6, 6.07) is 0. The van der Waals surface area contributed by atoms with Crippen LogP contribution in [0.1, 0.15) is 44.0 Å². The van der Waals surface area contributed by atoms with Gasteiger partial charge in [0.1, 0.15) is 17.5 Å². The van der Waals surface area contributed by atoms with E-state index in [4.69, 9.17) is 11.5 Å². The lowest BCUT2D eigenvalue weighted by Gasteiger charge is -2.33. The van der Waals surface area contributed by atoms with Crippen molar-refractivity contribution in [1.82, 2.24) is 9.97 Å². The molecule has 116 valence electrons. The van der Waals surface area contributed by atoms with Gasteiger partial charge in [0.25, 0.3) is 0 Å². The second-order valence-corrected chi connectivity index (χ2v) is 5.82.